The molecule has 1 saturated heterocycles. The third-order valence-corrected chi connectivity index (χ3v) is 6.57. The molecule has 0 spiro atoms. The van der Waals surface area contributed by atoms with E-state index in [-0.39, 0.29) is 12.5 Å². The van der Waals surface area contributed by atoms with Crippen molar-refractivity contribution in [2.75, 3.05) is 31.6 Å². The predicted molar refractivity (Wildman–Crippen MR) is 145 cm³/mol. The van der Waals surface area contributed by atoms with Crippen molar-refractivity contribution in [1.82, 2.24) is 25.1 Å². The molecular formula is C29H28N6O3. The summed E-state index contributed by atoms with van der Waals surface area (Å²) in [5.41, 5.74) is 5.37. The van der Waals surface area contributed by atoms with Gasteiger partial charge in [0, 0.05) is 37.0 Å². The van der Waals surface area contributed by atoms with E-state index in [0.29, 0.717) is 22.8 Å². The van der Waals surface area contributed by atoms with Crippen molar-refractivity contribution >= 4 is 22.6 Å². The summed E-state index contributed by atoms with van der Waals surface area (Å²) in [5.74, 6) is 1.09. The molecule has 3 aromatic carbocycles. The molecule has 9 nitrogen and oxygen atoms in total. The zero-order chi connectivity index (χ0) is 25.7. The standard InChI is InChI=1S/C29H28N6O3/c36-29(23-9-5-4-6-21(23)19-38-22-7-2-1-3-8-22)33-26-17-30-34-27(26)28-31-24-11-10-20(16-25(24)32-28)18-35-12-14-37-15-13-35/h1-11,16-17H,12-15,18-19H2,(H,30,34)(H,31,32)(H,33,36). The highest BCUT2D eigenvalue weighted by atomic mass is 16.5. The molecule has 192 valence electrons. The van der Waals surface area contributed by atoms with Crippen LogP contribution < -0.4 is 10.1 Å². The number of nitrogens with one attached hydrogen (secondary N) is 3. The summed E-state index contributed by atoms with van der Waals surface area (Å²) in [6, 6.07) is 23.2. The van der Waals surface area contributed by atoms with Crippen LogP contribution in [0, 0.1) is 0 Å². The smallest absolute Gasteiger partial charge is 0.256 e. The van der Waals surface area contributed by atoms with Gasteiger partial charge in [0.25, 0.3) is 5.91 Å². The van der Waals surface area contributed by atoms with Gasteiger partial charge in [0.1, 0.15) is 12.4 Å². The monoisotopic (exact) mass is 508 g/mol. The molecule has 3 N–H and O–H groups in total. The number of rotatable bonds is 8. The summed E-state index contributed by atoms with van der Waals surface area (Å²) < 4.78 is 11.3. The fourth-order valence-electron chi connectivity index (χ4n) is 4.58. The third-order valence-electron chi connectivity index (χ3n) is 6.57. The van der Waals surface area contributed by atoms with E-state index in [0.717, 1.165) is 55.2 Å². The van der Waals surface area contributed by atoms with Crippen LogP contribution in [-0.2, 0) is 17.9 Å². The first kappa shape index (κ1) is 23.9. The molecule has 0 saturated carbocycles. The van der Waals surface area contributed by atoms with Crippen LogP contribution in [0.5, 0.6) is 5.75 Å². The molecule has 0 radical (unpaired) electrons. The minimum Gasteiger partial charge on any atom is -0.489 e. The Hall–Kier alpha value is -4.47. The van der Waals surface area contributed by atoms with Crippen LogP contribution in [0.25, 0.3) is 22.6 Å². The van der Waals surface area contributed by atoms with E-state index in [1.807, 2.05) is 54.6 Å². The minimum atomic E-state index is -0.246. The highest BCUT2D eigenvalue weighted by Gasteiger charge is 2.18. The molecule has 0 bridgehead atoms. The van der Waals surface area contributed by atoms with E-state index in [9.17, 15) is 4.79 Å². The van der Waals surface area contributed by atoms with E-state index < -0.39 is 0 Å². The highest BCUT2D eigenvalue weighted by Crippen LogP contribution is 2.27. The molecule has 6 rings (SSSR count). The number of aromatic amines is 2. The lowest BCUT2D eigenvalue weighted by Gasteiger charge is -2.26. The number of hydrogen-bond acceptors (Lipinski definition) is 6. The Morgan fingerprint density at radius 1 is 1.03 bits per heavy atom. The number of hydrogen-bond donors (Lipinski definition) is 3. The Labute approximate surface area is 219 Å². The van der Waals surface area contributed by atoms with Gasteiger partial charge in [-0.25, -0.2) is 4.98 Å². The Morgan fingerprint density at radius 2 is 1.84 bits per heavy atom. The maximum Gasteiger partial charge on any atom is 0.256 e. The predicted octanol–water partition coefficient (Wildman–Crippen LogP) is 4.62. The second-order valence-electron chi connectivity index (χ2n) is 9.19. The van der Waals surface area contributed by atoms with Crippen LogP contribution in [-0.4, -0.2) is 57.3 Å². The number of fused-ring (bicyclic) bond motifs is 1. The number of H-pyrrole nitrogens is 2. The Balaban J connectivity index is 1.19. The SMILES string of the molecule is O=C(Nc1c[nH]nc1-c1nc2cc(CN3CCOCC3)ccc2[nH]1)c1ccccc1COc1ccccc1. The topological polar surface area (TPSA) is 108 Å². The summed E-state index contributed by atoms with van der Waals surface area (Å²) in [6.07, 6.45) is 1.66. The normalized spacial score (nSPS) is 14.0. The van der Waals surface area contributed by atoms with E-state index >= 15 is 0 Å². The molecule has 3 heterocycles. The molecule has 9 heteroatoms. The molecule has 0 unspecified atom stereocenters. The van der Waals surface area contributed by atoms with Gasteiger partial charge in [0.2, 0.25) is 0 Å². The van der Waals surface area contributed by atoms with Gasteiger partial charge in [0.05, 0.1) is 29.9 Å². The van der Waals surface area contributed by atoms with Crippen LogP contribution in [0.2, 0.25) is 0 Å². The molecule has 0 aliphatic carbocycles. The molecule has 38 heavy (non-hydrogen) atoms. The average molecular weight is 509 g/mol. The summed E-state index contributed by atoms with van der Waals surface area (Å²) in [5, 5.41) is 10.2. The summed E-state index contributed by atoms with van der Waals surface area (Å²) in [4.78, 5) is 23.8. The van der Waals surface area contributed by atoms with Gasteiger partial charge < -0.3 is 19.8 Å². The molecule has 2 aromatic heterocycles. The lowest BCUT2D eigenvalue weighted by Crippen LogP contribution is -2.35. The number of morpholine rings is 1. The van der Waals surface area contributed by atoms with E-state index in [4.69, 9.17) is 14.5 Å². The summed E-state index contributed by atoms with van der Waals surface area (Å²) in [6.45, 7) is 4.55. The van der Waals surface area contributed by atoms with Crippen LogP contribution in [0.1, 0.15) is 21.5 Å². The largest absolute Gasteiger partial charge is 0.489 e. The fourth-order valence-corrected chi connectivity index (χ4v) is 4.58. The first-order chi connectivity index (χ1) is 18.7. The van der Waals surface area contributed by atoms with Crippen LogP contribution in [0.3, 0.4) is 0 Å². The lowest BCUT2D eigenvalue weighted by atomic mass is 10.1. The Kier molecular flexibility index (Phi) is 6.84. The van der Waals surface area contributed by atoms with Gasteiger partial charge in [0.15, 0.2) is 11.5 Å². The van der Waals surface area contributed by atoms with Gasteiger partial charge in [-0.2, -0.15) is 5.10 Å². The van der Waals surface area contributed by atoms with Gasteiger partial charge in [-0.15, -0.1) is 0 Å². The number of ether oxygens (including phenoxy) is 2. The fraction of sp³-hybridized carbons (Fsp3) is 0.207. The third kappa shape index (κ3) is 5.29. The number of carbonyl (C=O) groups is 1. The Bertz CT molecular complexity index is 1540. The quantitative estimate of drug-likeness (QED) is 0.282. The van der Waals surface area contributed by atoms with Gasteiger partial charge in [-0.05, 0) is 35.9 Å². The number of para-hydroxylation sites is 1. The second kappa shape index (κ2) is 10.9. The van der Waals surface area contributed by atoms with Crippen molar-refractivity contribution in [2.45, 2.75) is 13.2 Å². The van der Waals surface area contributed by atoms with E-state index in [1.165, 1.54) is 5.56 Å². The van der Waals surface area contributed by atoms with E-state index in [2.05, 4.69) is 37.5 Å². The van der Waals surface area contributed by atoms with Crippen molar-refractivity contribution in [3.05, 3.63) is 95.7 Å². The van der Waals surface area contributed by atoms with E-state index in [1.54, 1.807) is 12.3 Å². The van der Waals surface area contributed by atoms with Gasteiger partial charge in [-0.1, -0.05) is 42.5 Å². The summed E-state index contributed by atoms with van der Waals surface area (Å²) >= 11 is 0. The molecule has 1 aliphatic rings. The first-order valence-electron chi connectivity index (χ1n) is 12.6. The van der Waals surface area contributed by atoms with Crippen LogP contribution in [0.4, 0.5) is 5.69 Å². The van der Waals surface area contributed by atoms with Crippen molar-refractivity contribution in [3.8, 4) is 17.3 Å². The zero-order valence-electron chi connectivity index (χ0n) is 20.8. The van der Waals surface area contributed by atoms with Crippen LogP contribution in [0.15, 0.2) is 79.0 Å². The van der Waals surface area contributed by atoms with Crippen molar-refractivity contribution in [2.24, 2.45) is 0 Å². The molecule has 1 fully saturated rings. The second-order valence-corrected chi connectivity index (χ2v) is 9.19. The molecule has 1 aliphatic heterocycles. The lowest BCUT2D eigenvalue weighted by molar-refractivity contribution is 0.0342. The number of imidazole rings is 1. The van der Waals surface area contributed by atoms with Gasteiger partial charge >= 0.3 is 0 Å². The highest BCUT2D eigenvalue weighted by molar-refractivity contribution is 6.06. The Morgan fingerprint density at radius 3 is 2.71 bits per heavy atom. The molecule has 5 aromatic rings. The van der Waals surface area contributed by atoms with Crippen molar-refractivity contribution in [3.63, 3.8) is 0 Å². The number of nitrogens with zero attached hydrogens (tertiary/aromatic N) is 3. The van der Waals surface area contributed by atoms with Gasteiger partial charge in [-0.3, -0.25) is 14.8 Å². The maximum atomic E-state index is 13.3. The minimum absolute atomic E-state index is 0.246. The summed E-state index contributed by atoms with van der Waals surface area (Å²) in [7, 11) is 0. The molecular weight excluding hydrogens is 480 g/mol. The number of benzene rings is 3. The number of aromatic nitrogens is 4. The van der Waals surface area contributed by atoms with Crippen molar-refractivity contribution in [1.29, 1.82) is 0 Å². The number of carbonyl (C=O) groups excluding carboxylic acids is 1. The molecule has 1 amide bonds. The number of amides is 1. The zero-order valence-corrected chi connectivity index (χ0v) is 20.8. The number of anilines is 1. The van der Waals surface area contributed by atoms with Crippen molar-refractivity contribution < 1.29 is 14.3 Å². The van der Waals surface area contributed by atoms with Crippen LogP contribution >= 0.6 is 0 Å². The maximum absolute atomic E-state index is 13.3. The average Bonchev–Trinajstić information content (AvgIpc) is 3.59. The first-order valence-corrected chi connectivity index (χ1v) is 12.6. The molecule has 0 atom stereocenters.